The van der Waals surface area contributed by atoms with E-state index in [2.05, 4.69) is 22.2 Å². The topological polar surface area (TPSA) is 79.5 Å². The van der Waals surface area contributed by atoms with Crippen LogP contribution < -0.4 is 16.4 Å². The lowest BCUT2D eigenvalue weighted by Crippen LogP contribution is -2.29. The number of halogens is 1. The van der Waals surface area contributed by atoms with Crippen LogP contribution in [0.5, 0.6) is 0 Å². The Morgan fingerprint density at radius 2 is 2.24 bits per heavy atom. The summed E-state index contributed by atoms with van der Waals surface area (Å²) in [7, 11) is 1.76. The van der Waals surface area contributed by atoms with Crippen LogP contribution in [-0.4, -0.2) is 23.9 Å². The fourth-order valence-corrected chi connectivity index (χ4v) is 3.48. The van der Waals surface area contributed by atoms with Crippen molar-refractivity contribution in [1.29, 1.82) is 0 Å². The van der Waals surface area contributed by atoms with Crippen molar-refractivity contribution >= 4 is 28.5 Å². The van der Waals surface area contributed by atoms with Gasteiger partial charge in [-0.3, -0.25) is 9.79 Å². The normalized spacial score (nSPS) is 20.6. The van der Waals surface area contributed by atoms with Gasteiger partial charge in [-0.15, -0.1) is 0 Å². The summed E-state index contributed by atoms with van der Waals surface area (Å²) in [5.41, 5.74) is 7.11. The largest absolute Gasteiger partial charge is 0.392 e. The van der Waals surface area contributed by atoms with Crippen molar-refractivity contribution in [2.75, 3.05) is 18.1 Å². The lowest BCUT2D eigenvalue weighted by molar-refractivity contribution is -0.112. The average Bonchev–Trinajstić information content (AvgIpc) is 2.56. The molecule has 0 fully saturated rings. The maximum absolute atomic E-state index is 14.4. The Morgan fingerprint density at radius 1 is 1.52 bits per heavy atom. The summed E-state index contributed by atoms with van der Waals surface area (Å²) in [6.45, 7) is 7.43. The molecule has 25 heavy (non-hydrogen) atoms. The first kappa shape index (κ1) is 19.1. The molecule has 0 unspecified atom stereocenters. The zero-order chi connectivity index (χ0) is 18.6. The summed E-state index contributed by atoms with van der Waals surface area (Å²) in [5.74, 6) is 0.0560. The second kappa shape index (κ2) is 7.74. The molecule has 0 aromatic heterocycles. The van der Waals surface area contributed by atoms with Gasteiger partial charge in [-0.2, -0.15) is 0 Å². The van der Waals surface area contributed by atoms with Crippen LogP contribution in [-0.2, 0) is 10.3 Å². The molecule has 4 N–H and O–H groups in total. The monoisotopic (exact) mass is 362 g/mol. The number of nitrogens with one attached hydrogen (secondary N) is 2. The van der Waals surface area contributed by atoms with Crippen LogP contribution in [0.4, 0.5) is 10.1 Å². The molecule has 1 aliphatic rings. The molecular weight excluding hydrogens is 339 g/mol. The van der Waals surface area contributed by atoms with E-state index in [4.69, 9.17) is 5.73 Å². The number of hydrogen-bond donors (Lipinski definition) is 3. The van der Waals surface area contributed by atoms with Crippen LogP contribution in [0.25, 0.3) is 0 Å². The summed E-state index contributed by atoms with van der Waals surface area (Å²) >= 11 is 1.46. The number of amidine groups is 1. The number of carbonyl (C=O) groups excluding carboxylic acids is 1. The lowest BCUT2D eigenvalue weighted by atomic mass is 9.89. The number of amides is 1. The molecule has 1 aliphatic heterocycles. The quantitative estimate of drug-likeness (QED) is 0.555. The van der Waals surface area contributed by atoms with Gasteiger partial charge in [-0.25, -0.2) is 4.39 Å². The number of carbonyl (C=O) groups is 1. The molecule has 134 valence electrons. The molecule has 2 rings (SSSR count). The predicted octanol–water partition coefficient (Wildman–Crippen LogP) is 3.11. The zero-order valence-corrected chi connectivity index (χ0v) is 15.5. The summed E-state index contributed by atoms with van der Waals surface area (Å²) in [4.78, 5) is 16.7. The van der Waals surface area contributed by atoms with Crippen molar-refractivity contribution in [3.8, 4) is 0 Å². The highest BCUT2D eigenvalue weighted by atomic mass is 32.2. The number of rotatable bonds is 5. The maximum atomic E-state index is 14.4. The van der Waals surface area contributed by atoms with Crippen LogP contribution in [0, 0.1) is 5.82 Å². The van der Waals surface area contributed by atoms with Gasteiger partial charge in [0.1, 0.15) is 5.82 Å². The molecule has 0 aliphatic carbocycles. The van der Waals surface area contributed by atoms with Gasteiger partial charge in [0.05, 0.1) is 5.54 Å². The third-order valence-corrected chi connectivity index (χ3v) is 4.87. The van der Waals surface area contributed by atoms with Crippen molar-refractivity contribution in [2.45, 2.75) is 25.8 Å². The second-order valence-corrected chi connectivity index (χ2v) is 7.19. The molecule has 1 atom stereocenters. The van der Waals surface area contributed by atoms with Crippen molar-refractivity contribution in [2.24, 2.45) is 10.7 Å². The number of nitrogens with two attached hydrogens (primary N) is 1. The molecule has 7 heteroatoms. The fraction of sp³-hybridized carbons (Fsp3) is 0.333. The van der Waals surface area contributed by atoms with E-state index >= 15 is 0 Å². The lowest BCUT2D eigenvalue weighted by Gasteiger charge is -2.30. The fourth-order valence-electron chi connectivity index (χ4n) is 2.51. The molecule has 1 aromatic rings. The highest BCUT2D eigenvalue weighted by molar-refractivity contribution is 8.13. The van der Waals surface area contributed by atoms with Gasteiger partial charge in [-0.1, -0.05) is 18.3 Å². The van der Waals surface area contributed by atoms with Crippen LogP contribution in [0.3, 0.4) is 0 Å². The van der Waals surface area contributed by atoms with Gasteiger partial charge in [0.25, 0.3) is 5.91 Å². The zero-order valence-electron chi connectivity index (χ0n) is 14.6. The summed E-state index contributed by atoms with van der Waals surface area (Å²) in [6, 6.07) is 4.47. The maximum Gasteiger partial charge on any atom is 0.255 e. The first-order chi connectivity index (χ1) is 11.7. The van der Waals surface area contributed by atoms with E-state index in [9.17, 15) is 9.18 Å². The molecule has 0 saturated heterocycles. The van der Waals surface area contributed by atoms with E-state index in [1.54, 1.807) is 19.2 Å². The van der Waals surface area contributed by atoms with Crippen LogP contribution in [0.1, 0.15) is 25.8 Å². The highest BCUT2D eigenvalue weighted by Crippen LogP contribution is 2.37. The Morgan fingerprint density at radius 3 is 2.88 bits per heavy atom. The highest BCUT2D eigenvalue weighted by Gasteiger charge is 2.32. The number of anilines is 1. The Labute approximate surface area is 151 Å². The summed E-state index contributed by atoms with van der Waals surface area (Å²) < 4.78 is 14.4. The smallest absolute Gasteiger partial charge is 0.255 e. The molecule has 0 saturated carbocycles. The van der Waals surface area contributed by atoms with Crippen LogP contribution >= 0.6 is 11.8 Å². The Balaban J connectivity index is 2.26. The van der Waals surface area contributed by atoms with E-state index in [1.807, 2.05) is 13.8 Å². The molecule has 0 bridgehead atoms. The van der Waals surface area contributed by atoms with E-state index in [0.717, 1.165) is 11.4 Å². The van der Waals surface area contributed by atoms with Crippen molar-refractivity contribution in [3.63, 3.8) is 0 Å². The molecule has 0 spiro atoms. The Kier molecular flexibility index (Phi) is 5.89. The average molecular weight is 362 g/mol. The van der Waals surface area contributed by atoms with Gasteiger partial charge < -0.3 is 16.4 Å². The molecule has 0 radical (unpaired) electrons. The Hall–Kier alpha value is -2.28. The van der Waals surface area contributed by atoms with Gasteiger partial charge in [0.2, 0.25) is 0 Å². The van der Waals surface area contributed by atoms with Gasteiger partial charge in [0.15, 0.2) is 5.17 Å². The number of benzene rings is 1. The number of aliphatic imine (C=N–C) groups is 1. The number of hydrogen-bond acceptors (Lipinski definition) is 5. The van der Waals surface area contributed by atoms with E-state index in [-0.39, 0.29) is 11.7 Å². The summed E-state index contributed by atoms with van der Waals surface area (Å²) in [6.07, 6.45) is 2.31. The SMILES string of the molecule is C=C(/C=C(/C)NC)C(=O)Nc1ccc(F)c([C@]2(C)CCSC(N)=N2)c1. The van der Waals surface area contributed by atoms with Gasteiger partial charge in [0, 0.05) is 35.3 Å². The second-order valence-electron chi connectivity index (χ2n) is 6.07. The minimum atomic E-state index is -0.736. The standard InChI is InChI=1S/C18H23FN4OS/c1-11(9-12(2)21-4)16(24)22-13-5-6-15(19)14(10-13)18(3)7-8-25-17(20)23-18/h5-6,9-10,21H,1,7-8H2,2-4H3,(H2,20,23)(H,22,24)/b12-9-/t18-/m0/s1. The summed E-state index contributed by atoms with van der Waals surface area (Å²) in [5, 5.41) is 6.12. The van der Waals surface area contributed by atoms with E-state index in [1.165, 1.54) is 23.9 Å². The Bertz CT molecular complexity index is 759. The minimum Gasteiger partial charge on any atom is -0.392 e. The van der Waals surface area contributed by atoms with Crippen molar-refractivity contribution in [1.82, 2.24) is 5.32 Å². The van der Waals surface area contributed by atoms with Gasteiger partial charge >= 0.3 is 0 Å². The number of nitrogens with zero attached hydrogens (tertiary/aromatic N) is 1. The first-order valence-electron chi connectivity index (χ1n) is 7.89. The predicted molar refractivity (Wildman–Crippen MR) is 103 cm³/mol. The third kappa shape index (κ3) is 4.63. The van der Waals surface area contributed by atoms with Crippen molar-refractivity contribution < 1.29 is 9.18 Å². The molecule has 1 amide bonds. The van der Waals surface area contributed by atoms with E-state index < -0.39 is 5.54 Å². The number of thioether (sulfide) groups is 1. The van der Waals surface area contributed by atoms with E-state index in [0.29, 0.717) is 28.4 Å². The first-order valence-corrected chi connectivity index (χ1v) is 8.88. The van der Waals surface area contributed by atoms with Gasteiger partial charge in [-0.05, 0) is 44.5 Å². The molecule has 1 heterocycles. The molecular formula is C18H23FN4OS. The molecule has 1 aromatic carbocycles. The molecule has 5 nitrogen and oxygen atoms in total. The third-order valence-electron chi connectivity index (χ3n) is 4.08. The minimum absolute atomic E-state index is 0.306. The van der Waals surface area contributed by atoms with Crippen LogP contribution in [0.15, 0.2) is 47.1 Å². The van der Waals surface area contributed by atoms with Crippen LogP contribution in [0.2, 0.25) is 0 Å². The number of allylic oxidation sites excluding steroid dienone is 1. The van der Waals surface area contributed by atoms with Crippen molar-refractivity contribution in [3.05, 3.63) is 53.5 Å².